The van der Waals surface area contributed by atoms with Gasteiger partial charge < -0.3 is 14.8 Å². The van der Waals surface area contributed by atoms with Crippen molar-refractivity contribution in [3.63, 3.8) is 0 Å². The molecule has 25 heavy (non-hydrogen) atoms. The second-order valence-electron chi connectivity index (χ2n) is 5.56. The molecule has 0 unspecified atom stereocenters. The monoisotopic (exact) mass is 336 g/mol. The number of pyridine rings is 1. The molecule has 3 heterocycles. The van der Waals surface area contributed by atoms with E-state index in [1.807, 2.05) is 48.7 Å². The Hall–Kier alpha value is -3.26. The Morgan fingerprint density at radius 1 is 1.16 bits per heavy atom. The van der Waals surface area contributed by atoms with Crippen molar-refractivity contribution in [2.24, 2.45) is 0 Å². The van der Waals surface area contributed by atoms with Crippen LogP contribution in [0.2, 0.25) is 0 Å². The van der Waals surface area contributed by atoms with Crippen molar-refractivity contribution >= 4 is 10.9 Å². The van der Waals surface area contributed by atoms with Crippen LogP contribution in [0.25, 0.3) is 22.4 Å². The van der Waals surface area contributed by atoms with E-state index in [2.05, 4.69) is 25.5 Å². The number of fused-ring (bicyclic) bond motifs is 1. The SMILES string of the molecule is O[C@@H](COc1cccc2[nH]ccc12)Cn1nnnc1-c1ccccn1. The highest BCUT2D eigenvalue weighted by Crippen LogP contribution is 2.24. The van der Waals surface area contributed by atoms with Crippen LogP contribution < -0.4 is 4.74 Å². The maximum Gasteiger partial charge on any atom is 0.200 e. The highest BCUT2D eigenvalue weighted by atomic mass is 16.5. The second kappa shape index (κ2) is 6.70. The number of aromatic nitrogens is 6. The number of hydrogen-bond acceptors (Lipinski definition) is 6. The van der Waals surface area contributed by atoms with Crippen LogP contribution >= 0.6 is 0 Å². The van der Waals surface area contributed by atoms with Gasteiger partial charge in [0.1, 0.15) is 24.2 Å². The minimum atomic E-state index is -0.764. The number of ether oxygens (including phenoxy) is 1. The van der Waals surface area contributed by atoms with Gasteiger partial charge in [-0.25, -0.2) is 4.68 Å². The highest BCUT2D eigenvalue weighted by Gasteiger charge is 2.15. The first-order valence-corrected chi connectivity index (χ1v) is 7.86. The van der Waals surface area contributed by atoms with Gasteiger partial charge in [-0.15, -0.1) is 5.10 Å². The van der Waals surface area contributed by atoms with E-state index in [-0.39, 0.29) is 13.2 Å². The van der Waals surface area contributed by atoms with Crippen molar-refractivity contribution in [3.05, 3.63) is 54.9 Å². The Morgan fingerprint density at radius 2 is 2.12 bits per heavy atom. The van der Waals surface area contributed by atoms with E-state index in [1.54, 1.807) is 6.20 Å². The van der Waals surface area contributed by atoms with Crippen LogP contribution in [-0.2, 0) is 6.54 Å². The van der Waals surface area contributed by atoms with Gasteiger partial charge in [0.2, 0.25) is 5.82 Å². The van der Waals surface area contributed by atoms with Crippen LogP contribution in [0.5, 0.6) is 5.75 Å². The zero-order valence-corrected chi connectivity index (χ0v) is 13.3. The third-order valence-corrected chi connectivity index (χ3v) is 3.80. The van der Waals surface area contributed by atoms with E-state index in [0.29, 0.717) is 11.5 Å². The third-order valence-electron chi connectivity index (χ3n) is 3.80. The summed E-state index contributed by atoms with van der Waals surface area (Å²) in [7, 11) is 0. The summed E-state index contributed by atoms with van der Waals surface area (Å²) in [5, 5.41) is 22.9. The fourth-order valence-corrected chi connectivity index (χ4v) is 2.63. The quantitative estimate of drug-likeness (QED) is 0.555. The lowest BCUT2D eigenvalue weighted by Gasteiger charge is -2.13. The van der Waals surface area contributed by atoms with E-state index in [9.17, 15) is 5.11 Å². The van der Waals surface area contributed by atoms with E-state index < -0.39 is 6.10 Å². The van der Waals surface area contributed by atoms with Gasteiger partial charge in [0.05, 0.1) is 6.54 Å². The number of benzene rings is 1. The van der Waals surface area contributed by atoms with Crippen molar-refractivity contribution in [1.29, 1.82) is 0 Å². The summed E-state index contributed by atoms with van der Waals surface area (Å²) in [6, 6.07) is 13.2. The Kier molecular flexibility index (Phi) is 4.09. The minimum Gasteiger partial charge on any atom is -0.490 e. The van der Waals surface area contributed by atoms with Gasteiger partial charge in [-0.1, -0.05) is 12.1 Å². The van der Waals surface area contributed by atoms with Gasteiger partial charge >= 0.3 is 0 Å². The lowest BCUT2D eigenvalue weighted by Crippen LogP contribution is -2.24. The van der Waals surface area contributed by atoms with E-state index in [1.165, 1.54) is 4.68 Å². The fourth-order valence-electron chi connectivity index (χ4n) is 2.63. The predicted molar refractivity (Wildman–Crippen MR) is 90.8 cm³/mol. The molecule has 3 aromatic heterocycles. The second-order valence-corrected chi connectivity index (χ2v) is 5.56. The number of H-pyrrole nitrogens is 1. The smallest absolute Gasteiger partial charge is 0.200 e. The van der Waals surface area contributed by atoms with E-state index in [0.717, 1.165) is 16.7 Å². The van der Waals surface area contributed by atoms with E-state index in [4.69, 9.17) is 4.74 Å². The minimum absolute atomic E-state index is 0.131. The molecule has 0 saturated carbocycles. The summed E-state index contributed by atoms with van der Waals surface area (Å²) in [6.07, 6.45) is 2.76. The van der Waals surface area contributed by atoms with Crippen LogP contribution in [0.15, 0.2) is 54.9 Å². The average molecular weight is 336 g/mol. The van der Waals surface area contributed by atoms with Crippen molar-refractivity contribution in [1.82, 2.24) is 30.2 Å². The summed E-state index contributed by atoms with van der Waals surface area (Å²) in [5.41, 5.74) is 1.64. The molecule has 0 fully saturated rings. The molecule has 0 bridgehead atoms. The molecule has 4 rings (SSSR count). The summed E-state index contributed by atoms with van der Waals surface area (Å²) in [4.78, 5) is 7.36. The summed E-state index contributed by atoms with van der Waals surface area (Å²) >= 11 is 0. The highest BCUT2D eigenvalue weighted by molar-refractivity contribution is 5.85. The van der Waals surface area contributed by atoms with Crippen molar-refractivity contribution < 1.29 is 9.84 Å². The maximum absolute atomic E-state index is 10.3. The number of nitrogens with zero attached hydrogens (tertiary/aromatic N) is 5. The molecule has 0 aliphatic rings. The first kappa shape index (κ1) is 15.3. The molecule has 0 aliphatic heterocycles. The number of aliphatic hydroxyl groups excluding tert-OH is 1. The first-order valence-electron chi connectivity index (χ1n) is 7.86. The summed E-state index contributed by atoms with van der Waals surface area (Å²) in [5.74, 6) is 1.23. The normalized spacial score (nSPS) is 12.4. The van der Waals surface area contributed by atoms with Gasteiger partial charge in [0.15, 0.2) is 0 Å². The van der Waals surface area contributed by atoms with Crippen LogP contribution in [0.3, 0.4) is 0 Å². The van der Waals surface area contributed by atoms with Crippen molar-refractivity contribution in [2.75, 3.05) is 6.61 Å². The molecule has 4 aromatic rings. The first-order chi connectivity index (χ1) is 12.3. The number of aromatic amines is 1. The molecular weight excluding hydrogens is 320 g/mol. The third kappa shape index (κ3) is 3.20. The van der Waals surface area contributed by atoms with E-state index >= 15 is 0 Å². The number of hydrogen-bond donors (Lipinski definition) is 2. The molecule has 0 saturated heterocycles. The van der Waals surface area contributed by atoms with Gasteiger partial charge in [-0.2, -0.15) is 0 Å². The molecule has 2 N–H and O–H groups in total. The van der Waals surface area contributed by atoms with Gasteiger partial charge in [-0.05, 0) is 40.8 Å². The number of rotatable bonds is 6. The molecule has 126 valence electrons. The number of nitrogens with one attached hydrogen (secondary N) is 1. The Morgan fingerprint density at radius 3 is 3.00 bits per heavy atom. The van der Waals surface area contributed by atoms with Crippen molar-refractivity contribution in [3.8, 4) is 17.3 Å². The molecule has 0 aliphatic carbocycles. The Bertz CT molecular complexity index is 965. The largest absolute Gasteiger partial charge is 0.490 e. The van der Waals surface area contributed by atoms with Gasteiger partial charge in [0.25, 0.3) is 0 Å². The fraction of sp³-hybridized carbons (Fsp3) is 0.176. The molecule has 1 atom stereocenters. The standard InChI is InChI=1S/C17H16N6O2/c24-12(11-25-16-6-3-5-14-13(16)7-9-19-14)10-23-17(20-21-22-23)15-4-1-2-8-18-15/h1-9,12,19,24H,10-11H2/t12-/m1/s1. The zero-order chi connectivity index (χ0) is 17.1. The molecule has 0 spiro atoms. The van der Waals surface area contributed by atoms with Crippen LogP contribution in [-0.4, -0.2) is 48.0 Å². The molecule has 1 aromatic carbocycles. The number of tetrazole rings is 1. The molecule has 0 amide bonds. The topological polar surface area (TPSA) is 102 Å². The van der Waals surface area contributed by atoms with Gasteiger partial charge in [-0.3, -0.25) is 4.98 Å². The Labute approximate surface area is 143 Å². The van der Waals surface area contributed by atoms with Crippen LogP contribution in [0.1, 0.15) is 0 Å². The average Bonchev–Trinajstić information content (AvgIpc) is 3.30. The lowest BCUT2D eigenvalue weighted by molar-refractivity contribution is 0.0899. The predicted octanol–water partition coefficient (Wildman–Crippen LogP) is 1.66. The summed E-state index contributed by atoms with van der Waals surface area (Å²) < 4.78 is 7.29. The van der Waals surface area contributed by atoms with Crippen molar-refractivity contribution in [2.45, 2.75) is 12.6 Å². The molecule has 8 heteroatoms. The maximum atomic E-state index is 10.3. The van der Waals surface area contributed by atoms with Crippen LogP contribution in [0.4, 0.5) is 0 Å². The molecular formula is C17H16N6O2. The molecule has 8 nitrogen and oxygen atoms in total. The Balaban J connectivity index is 1.44. The zero-order valence-electron chi connectivity index (χ0n) is 13.3. The van der Waals surface area contributed by atoms with Crippen LogP contribution in [0, 0.1) is 0 Å². The molecule has 0 radical (unpaired) electrons. The lowest BCUT2D eigenvalue weighted by atomic mass is 10.2. The van der Waals surface area contributed by atoms with Gasteiger partial charge in [0, 0.05) is 23.3 Å². The summed E-state index contributed by atoms with van der Waals surface area (Å²) in [6.45, 7) is 0.341. The number of aliphatic hydroxyl groups is 1.